The third-order valence-corrected chi connectivity index (χ3v) is 3.59. The molecule has 3 nitrogen and oxygen atoms in total. The standard InChI is InChI=1S/C13H24N2O/c1-13(2,10-14)7-8-15(3)9-11-5-4-6-12(11)16/h11-12,16H,4-9H2,1-3H3. The van der Waals surface area contributed by atoms with Gasteiger partial charge in [-0.3, -0.25) is 0 Å². The first-order chi connectivity index (χ1) is 7.44. The van der Waals surface area contributed by atoms with Crippen LogP contribution in [0.15, 0.2) is 0 Å². The maximum absolute atomic E-state index is 9.73. The number of hydrogen-bond donors (Lipinski definition) is 1. The van der Waals surface area contributed by atoms with Gasteiger partial charge in [0.1, 0.15) is 0 Å². The summed E-state index contributed by atoms with van der Waals surface area (Å²) in [7, 11) is 2.08. The van der Waals surface area contributed by atoms with Gasteiger partial charge < -0.3 is 10.0 Å². The average molecular weight is 224 g/mol. The van der Waals surface area contributed by atoms with Crippen LogP contribution in [0.25, 0.3) is 0 Å². The summed E-state index contributed by atoms with van der Waals surface area (Å²) in [6.45, 7) is 5.85. The lowest BCUT2D eigenvalue weighted by Crippen LogP contribution is -2.32. The fourth-order valence-corrected chi connectivity index (χ4v) is 2.25. The van der Waals surface area contributed by atoms with E-state index in [4.69, 9.17) is 5.26 Å². The van der Waals surface area contributed by atoms with Crippen molar-refractivity contribution in [3.8, 4) is 6.07 Å². The molecule has 0 aromatic heterocycles. The summed E-state index contributed by atoms with van der Waals surface area (Å²) >= 11 is 0. The molecule has 3 heteroatoms. The van der Waals surface area contributed by atoms with Gasteiger partial charge in [0.05, 0.1) is 17.6 Å². The van der Waals surface area contributed by atoms with Crippen molar-refractivity contribution >= 4 is 0 Å². The smallest absolute Gasteiger partial charge is 0.0684 e. The number of nitrogens with zero attached hydrogens (tertiary/aromatic N) is 2. The Labute approximate surface area is 99.1 Å². The second kappa shape index (κ2) is 5.65. The van der Waals surface area contributed by atoms with Crippen LogP contribution in [0, 0.1) is 22.7 Å². The van der Waals surface area contributed by atoms with Crippen molar-refractivity contribution in [1.82, 2.24) is 4.90 Å². The second-order valence-corrected chi connectivity index (χ2v) is 5.77. The van der Waals surface area contributed by atoms with E-state index in [0.717, 1.165) is 38.8 Å². The maximum atomic E-state index is 9.73. The zero-order chi connectivity index (χ0) is 12.2. The highest BCUT2D eigenvalue weighted by atomic mass is 16.3. The first-order valence-corrected chi connectivity index (χ1v) is 6.22. The largest absolute Gasteiger partial charge is 0.393 e. The quantitative estimate of drug-likeness (QED) is 0.777. The molecule has 1 saturated carbocycles. The molecule has 1 fully saturated rings. The first-order valence-electron chi connectivity index (χ1n) is 6.22. The van der Waals surface area contributed by atoms with Gasteiger partial charge in [0.2, 0.25) is 0 Å². The Morgan fingerprint density at radius 1 is 1.44 bits per heavy atom. The van der Waals surface area contributed by atoms with Gasteiger partial charge in [0.25, 0.3) is 0 Å². The maximum Gasteiger partial charge on any atom is 0.0684 e. The lowest BCUT2D eigenvalue weighted by Gasteiger charge is -2.25. The molecule has 1 rings (SSSR count). The summed E-state index contributed by atoms with van der Waals surface area (Å²) in [5, 5.41) is 18.7. The Kier molecular flexibility index (Phi) is 4.76. The molecule has 0 spiro atoms. The van der Waals surface area contributed by atoms with Crippen molar-refractivity contribution < 1.29 is 5.11 Å². The van der Waals surface area contributed by atoms with Gasteiger partial charge in [0.15, 0.2) is 0 Å². The highest BCUT2D eigenvalue weighted by Crippen LogP contribution is 2.26. The van der Waals surface area contributed by atoms with Crippen LogP contribution in [0.2, 0.25) is 0 Å². The summed E-state index contributed by atoms with van der Waals surface area (Å²) in [5.41, 5.74) is -0.234. The Bertz CT molecular complexity index is 257. The predicted molar refractivity (Wildman–Crippen MR) is 64.9 cm³/mol. The second-order valence-electron chi connectivity index (χ2n) is 5.77. The van der Waals surface area contributed by atoms with Crippen LogP contribution < -0.4 is 0 Å². The molecule has 0 bridgehead atoms. The topological polar surface area (TPSA) is 47.3 Å². The molecule has 2 unspecified atom stereocenters. The van der Waals surface area contributed by atoms with E-state index in [-0.39, 0.29) is 11.5 Å². The van der Waals surface area contributed by atoms with E-state index in [0.29, 0.717) is 5.92 Å². The Hall–Kier alpha value is -0.590. The van der Waals surface area contributed by atoms with Crippen molar-refractivity contribution in [2.24, 2.45) is 11.3 Å². The number of aliphatic hydroxyl groups excluding tert-OH is 1. The first kappa shape index (κ1) is 13.5. The van der Waals surface area contributed by atoms with Crippen LogP contribution in [-0.4, -0.2) is 36.2 Å². The Morgan fingerprint density at radius 2 is 2.12 bits per heavy atom. The molecule has 0 heterocycles. The number of rotatable bonds is 5. The van der Waals surface area contributed by atoms with Crippen molar-refractivity contribution in [2.45, 2.75) is 45.6 Å². The third-order valence-electron chi connectivity index (χ3n) is 3.59. The normalized spacial score (nSPS) is 26.0. The molecule has 0 aliphatic heterocycles. The summed E-state index contributed by atoms with van der Waals surface area (Å²) in [6.07, 6.45) is 4.05. The van der Waals surface area contributed by atoms with Gasteiger partial charge in [-0.2, -0.15) is 5.26 Å². The minimum Gasteiger partial charge on any atom is -0.393 e. The summed E-state index contributed by atoms with van der Waals surface area (Å²) in [5.74, 6) is 0.440. The van der Waals surface area contributed by atoms with Gasteiger partial charge in [0, 0.05) is 6.54 Å². The monoisotopic (exact) mass is 224 g/mol. The molecule has 0 radical (unpaired) electrons. The van der Waals surface area contributed by atoms with Crippen molar-refractivity contribution in [3.05, 3.63) is 0 Å². The van der Waals surface area contributed by atoms with E-state index < -0.39 is 0 Å². The number of hydrogen-bond acceptors (Lipinski definition) is 3. The van der Waals surface area contributed by atoms with Gasteiger partial charge in [-0.15, -0.1) is 0 Å². The van der Waals surface area contributed by atoms with E-state index in [1.807, 2.05) is 13.8 Å². The lowest BCUT2D eigenvalue weighted by molar-refractivity contribution is 0.107. The van der Waals surface area contributed by atoms with E-state index in [2.05, 4.69) is 18.0 Å². The van der Waals surface area contributed by atoms with Crippen molar-refractivity contribution in [3.63, 3.8) is 0 Å². The molecule has 2 atom stereocenters. The highest BCUT2D eigenvalue weighted by molar-refractivity contribution is 4.92. The van der Waals surface area contributed by atoms with Gasteiger partial charge in [-0.1, -0.05) is 6.42 Å². The van der Waals surface area contributed by atoms with Crippen LogP contribution in [0.1, 0.15) is 39.5 Å². The average Bonchev–Trinajstić information content (AvgIpc) is 2.62. The van der Waals surface area contributed by atoms with E-state index >= 15 is 0 Å². The molecule has 0 amide bonds. The molecule has 1 aliphatic rings. The Balaban J connectivity index is 2.26. The van der Waals surface area contributed by atoms with Gasteiger partial charge >= 0.3 is 0 Å². The molecular weight excluding hydrogens is 200 g/mol. The van der Waals surface area contributed by atoms with E-state index in [9.17, 15) is 5.11 Å². The van der Waals surface area contributed by atoms with Crippen LogP contribution >= 0.6 is 0 Å². The van der Waals surface area contributed by atoms with Crippen molar-refractivity contribution in [2.75, 3.05) is 20.1 Å². The van der Waals surface area contributed by atoms with Gasteiger partial charge in [-0.25, -0.2) is 0 Å². The molecule has 1 aliphatic carbocycles. The van der Waals surface area contributed by atoms with E-state index in [1.165, 1.54) is 0 Å². The molecule has 0 saturated heterocycles. The lowest BCUT2D eigenvalue weighted by atomic mass is 9.91. The summed E-state index contributed by atoms with van der Waals surface area (Å²) in [6, 6.07) is 2.32. The number of nitriles is 1. The van der Waals surface area contributed by atoms with Crippen LogP contribution in [-0.2, 0) is 0 Å². The molecule has 0 aromatic rings. The zero-order valence-electron chi connectivity index (χ0n) is 10.7. The van der Waals surface area contributed by atoms with Crippen LogP contribution in [0.5, 0.6) is 0 Å². The van der Waals surface area contributed by atoms with Crippen LogP contribution in [0.3, 0.4) is 0 Å². The minimum absolute atomic E-state index is 0.105. The molecule has 92 valence electrons. The number of aliphatic hydroxyl groups is 1. The third kappa shape index (κ3) is 4.11. The zero-order valence-corrected chi connectivity index (χ0v) is 10.7. The minimum atomic E-state index is -0.234. The van der Waals surface area contributed by atoms with Gasteiger partial charge in [-0.05, 0) is 52.6 Å². The van der Waals surface area contributed by atoms with E-state index in [1.54, 1.807) is 0 Å². The molecule has 16 heavy (non-hydrogen) atoms. The predicted octanol–water partition coefficient (Wildman–Crippen LogP) is 2.02. The summed E-state index contributed by atoms with van der Waals surface area (Å²) < 4.78 is 0. The Morgan fingerprint density at radius 3 is 2.62 bits per heavy atom. The molecular formula is C13H24N2O. The van der Waals surface area contributed by atoms with Crippen LogP contribution in [0.4, 0.5) is 0 Å². The highest BCUT2D eigenvalue weighted by Gasteiger charge is 2.26. The summed E-state index contributed by atoms with van der Waals surface area (Å²) in [4.78, 5) is 2.25. The molecule has 1 N–H and O–H groups in total. The fraction of sp³-hybridized carbons (Fsp3) is 0.923. The fourth-order valence-electron chi connectivity index (χ4n) is 2.25. The van der Waals surface area contributed by atoms with Crippen molar-refractivity contribution in [1.29, 1.82) is 5.26 Å². The molecule has 0 aromatic carbocycles. The SMILES string of the molecule is CN(CCC(C)(C)C#N)CC1CCCC1O.